The predicted molar refractivity (Wildman–Crippen MR) is 125 cm³/mol. The number of ether oxygens (including phenoxy) is 3. The molecule has 0 aromatic heterocycles. The first-order valence-corrected chi connectivity index (χ1v) is 12.7. The van der Waals surface area contributed by atoms with E-state index in [0.717, 1.165) is 62.9 Å². The number of carbonyl (C=O) groups is 1. The Morgan fingerprint density at radius 1 is 1.12 bits per heavy atom. The first-order valence-electron chi connectivity index (χ1n) is 12.7. The van der Waals surface area contributed by atoms with Crippen LogP contribution in [-0.4, -0.2) is 54.9 Å². The number of likely N-dealkylation sites (tertiary alicyclic amines) is 1. The monoisotopic (exact) mass is 457 g/mol. The lowest BCUT2D eigenvalue weighted by Crippen LogP contribution is -2.62. The number of hydrogen-bond donors (Lipinski definition) is 1. The summed E-state index contributed by atoms with van der Waals surface area (Å²) in [6, 6.07) is 7.91. The summed E-state index contributed by atoms with van der Waals surface area (Å²) in [5, 5.41) is 11.0. The number of benzene rings is 1. The molecule has 0 bridgehead atoms. The van der Waals surface area contributed by atoms with E-state index in [9.17, 15) is 9.90 Å². The van der Waals surface area contributed by atoms with E-state index >= 15 is 0 Å². The van der Waals surface area contributed by atoms with Crippen LogP contribution < -0.4 is 4.74 Å². The molecule has 2 saturated heterocycles. The van der Waals surface area contributed by atoms with Crippen molar-refractivity contribution in [2.75, 3.05) is 26.8 Å². The number of amides is 1. The van der Waals surface area contributed by atoms with Crippen molar-refractivity contribution in [3.8, 4) is 5.75 Å². The maximum atomic E-state index is 13.0. The summed E-state index contributed by atoms with van der Waals surface area (Å²) < 4.78 is 18.2. The van der Waals surface area contributed by atoms with Gasteiger partial charge >= 0.3 is 0 Å². The number of nitrogens with zero attached hydrogens (tertiary/aromatic N) is 1. The fourth-order valence-corrected chi connectivity index (χ4v) is 7.45. The highest BCUT2D eigenvalue weighted by molar-refractivity contribution is 5.76. The van der Waals surface area contributed by atoms with E-state index in [0.29, 0.717) is 18.9 Å². The molecule has 4 fully saturated rings. The largest absolute Gasteiger partial charge is 0.497 e. The molecule has 7 unspecified atom stereocenters. The average molecular weight is 458 g/mol. The molecule has 2 aliphatic heterocycles. The number of fused-ring (bicyclic) bond motifs is 3. The summed E-state index contributed by atoms with van der Waals surface area (Å²) in [5.74, 6) is 1.41. The Morgan fingerprint density at radius 2 is 1.85 bits per heavy atom. The summed E-state index contributed by atoms with van der Waals surface area (Å²) >= 11 is 0. The van der Waals surface area contributed by atoms with Crippen LogP contribution in [0, 0.1) is 22.7 Å². The number of hydrogen-bond acceptors (Lipinski definition) is 5. The van der Waals surface area contributed by atoms with E-state index in [-0.39, 0.29) is 35.0 Å². The molecule has 182 valence electrons. The third-order valence-corrected chi connectivity index (χ3v) is 9.41. The first kappa shape index (κ1) is 23.1. The van der Waals surface area contributed by atoms with Crippen LogP contribution in [0.3, 0.4) is 0 Å². The Balaban J connectivity index is 1.33. The van der Waals surface area contributed by atoms with Gasteiger partial charge in [-0.15, -0.1) is 0 Å². The van der Waals surface area contributed by atoms with Gasteiger partial charge < -0.3 is 24.2 Å². The average Bonchev–Trinajstić information content (AvgIpc) is 3.36. The van der Waals surface area contributed by atoms with Crippen molar-refractivity contribution in [1.29, 1.82) is 0 Å². The van der Waals surface area contributed by atoms with Crippen LogP contribution in [0.4, 0.5) is 0 Å². The van der Waals surface area contributed by atoms with Gasteiger partial charge in [0.1, 0.15) is 5.75 Å². The highest BCUT2D eigenvalue weighted by Crippen LogP contribution is 2.63. The predicted octanol–water partition coefficient (Wildman–Crippen LogP) is 4.32. The minimum absolute atomic E-state index is 0.00133. The third-order valence-electron chi connectivity index (χ3n) is 9.41. The lowest BCUT2D eigenvalue weighted by molar-refractivity contribution is -0.312. The summed E-state index contributed by atoms with van der Waals surface area (Å²) in [4.78, 5) is 15.0. The van der Waals surface area contributed by atoms with Crippen molar-refractivity contribution in [2.45, 2.75) is 77.3 Å². The Kier molecular flexibility index (Phi) is 6.21. The molecule has 1 amide bonds. The van der Waals surface area contributed by atoms with Crippen LogP contribution in [0.2, 0.25) is 0 Å². The molecule has 33 heavy (non-hydrogen) atoms. The summed E-state index contributed by atoms with van der Waals surface area (Å²) in [6.45, 7) is 7.00. The number of aliphatic hydroxyl groups is 1. The smallest absolute Gasteiger partial charge is 0.222 e. The molecule has 2 saturated carbocycles. The van der Waals surface area contributed by atoms with Crippen molar-refractivity contribution < 1.29 is 24.1 Å². The molecule has 0 spiro atoms. The maximum absolute atomic E-state index is 13.0. The van der Waals surface area contributed by atoms with Gasteiger partial charge in [0.25, 0.3) is 0 Å². The molecule has 4 aliphatic rings. The van der Waals surface area contributed by atoms with Gasteiger partial charge in [0.15, 0.2) is 6.29 Å². The summed E-state index contributed by atoms with van der Waals surface area (Å²) in [7, 11) is 1.67. The Hall–Kier alpha value is -1.63. The molecule has 1 N–H and O–H groups in total. The minimum atomic E-state index is -0.407. The fraction of sp³-hybridized carbons (Fsp3) is 0.741. The summed E-state index contributed by atoms with van der Waals surface area (Å²) in [6.07, 6.45) is 5.62. The van der Waals surface area contributed by atoms with Crippen molar-refractivity contribution in [2.24, 2.45) is 22.7 Å². The van der Waals surface area contributed by atoms with Crippen LogP contribution in [0.5, 0.6) is 5.75 Å². The van der Waals surface area contributed by atoms with Gasteiger partial charge in [0.2, 0.25) is 5.91 Å². The number of carbonyl (C=O) groups excluding carboxylic acids is 1. The van der Waals surface area contributed by atoms with Crippen molar-refractivity contribution >= 4 is 5.91 Å². The number of methoxy groups -OCH3 is 1. The highest BCUT2D eigenvalue weighted by atomic mass is 16.7. The third kappa shape index (κ3) is 3.98. The second kappa shape index (κ2) is 8.86. The Morgan fingerprint density at radius 3 is 2.55 bits per heavy atom. The lowest BCUT2D eigenvalue weighted by Gasteiger charge is -2.63. The van der Waals surface area contributed by atoms with Crippen molar-refractivity contribution in [3.63, 3.8) is 0 Å². The van der Waals surface area contributed by atoms with E-state index in [2.05, 4.69) is 13.8 Å². The zero-order chi connectivity index (χ0) is 23.2. The molecular weight excluding hydrogens is 418 g/mol. The summed E-state index contributed by atoms with van der Waals surface area (Å²) in [5.41, 5.74) is 0.808. The van der Waals surface area contributed by atoms with Crippen molar-refractivity contribution in [3.05, 3.63) is 29.8 Å². The van der Waals surface area contributed by atoms with Gasteiger partial charge in [0.05, 0.1) is 25.9 Å². The zero-order valence-corrected chi connectivity index (χ0v) is 20.3. The molecule has 2 aliphatic carbocycles. The molecule has 1 aromatic carbocycles. The highest BCUT2D eigenvalue weighted by Gasteiger charge is 2.61. The molecule has 2 heterocycles. The van der Waals surface area contributed by atoms with E-state index < -0.39 is 6.10 Å². The minimum Gasteiger partial charge on any atom is -0.497 e. The van der Waals surface area contributed by atoms with E-state index in [1.54, 1.807) is 7.11 Å². The van der Waals surface area contributed by atoms with Crippen LogP contribution >= 0.6 is 0 Å². The Labute approximate surface area is 197 Å². The lowest BCUT2D eigenvalue weighted by atomic mass is 9.46. The van der Waals surface area contributed by atoms with Crippen LogP contribution in [-0.2, 0) is 14.3 Å². The number of rotatable bonds is 4. The van der Waals surface area contributed by atoms with Crippen LogP contribution in [0.25, 0.3) is 0 Å². The molecule has 6 heteroatoms. The molecule has 0 radical (unpaired) electrons. The maximum Gasteiger partial charge on any atom is 0.222 e. The molecule has 7 atom stereocenters. The second-order valence-corrected chi connectivity index (χ2v) is 11.2. The quantitative estimate of drug-likeness (QED) is 0.730. The standard InChI is InChI=1S/C27H39NO5/c1-26-13-12-23-27(2,17-32-25(33-23)18-6-8-19(31-3)9-7-18)22(26)11-10-21(29)20(26)16-24(30)28-14-4-5-15-28/h6-9,20-23,25,29H,4-5,10-17H2,1-3H3. The van der Waals surface area contributed by atoms with Crippen molar-refractivity contribution in [1.82, 2.24) is 4.90 Å². The molecule has 6 nitrogen and oxygen atoms in total. The van der Waals surface area contributed by atoms with Gasteiger partial charge in [0, 0.05) is 30.5 Å². The van der Waals surface area contributed by atoms with Gasteiger partial charge in [-0.3, -0.25) is 4.79 Å². The van der Waals surface area contributed by atoms with E-state index in [1.165, 1.54) is 0 Å². The zero-order valence-electron chi connectivity index (χ0n) is 20.3. The van der Waals surface area contributed by atoms with Gasteiger partial charge in [-0.2, -0.15) is 0 Å². The van der Waals surface area contributed by atoms with Crippen LogP contribution in [0.15, 0.2) is 24.3 Å². The topological polar surface area (TPSA) is 68.2 Å². The SMILES string of the molecule is COc1ccc(C2OCC3(C)C(CCC4(C)C(CC(=O)N5CCCC5)C(O)CCC34)O2)cc1. The normalized spacial score (nSPS) is 40.7. The second-order valence-electron chi connectivity index (χ2n) is 11.2. The van der Waals surface area contributed by atoms with Gasteiger partial charge in [-0.05, 0) is 67.9 Å². The van der Waals surface area contributed by atoms with Gasteiger partial charge in [-0.1, -0.05) is 26.0 Å². The Bertz CT molecular complexity index is 853. The molecule has 5 rings (SSSR count). The van der Waals surface area contributed by atoms with E-state index in [1.807, 2.05) is 29.2 Å². The molecular formula is C27H39NO5. The number of aliphatic hydroxyl groups excluding tert-OH is 1. The molecule has 1 aromatic rings. The fourth-order valence-electron chi connectivity index (χ4n) is 7.45. The first-order chi connectivity index (χ1) is 15.8. The van der Waals surface area contributed by atoms with Gasteiger partial charge in [-0.25, -0.2) is 0 Å². The van der Waals surface area contributed by atoms with Crippen LogP contribution in [0.1, 0.15) is 70.6 Å². The van der Waals surface area contributed by atoms with E-state index in [4.69, 9.17) is 14.2 Å².